The predicted molar refractivity (Wildman–Crippen MR) is 143 cm³/mol. The van der Waals surface area contributed by atoms with Crippen molar-refractivity contribution in [2.75, 3.05) is 0 Å². The van der Waals surface area contributed by atoms with E-state index in [-0.39, 0.29) is 5.41 Å². The maximum Gasteiger partial charge on any atom is 0.0881 e. The average molecular weight is 451 g/mol. The van der Waals surface area contributed by atoms with Gasteiger partial charge in [-0.1, -0.05) is 58.9 Å². The lowest BCUT2D eigenvalue weighted by Crippen LogP contribution is -2.12. The van der Waals surface area contributed by atoms with Crippen LogP contribution >= 0.6 is 11.3 Å². The van der Waals surface area contributed by atoms with Gasteiger partial charge in [-0.2, -0.15) is 0 Å². The Morgan fingerprint density at radius 2 is 1.64 bits per heavy atom. The second-order valence-corrected chi connectivity index (χ2v) is 11.2. The zero-order valence-electron chi connectivity index (χ0n) is 20.0. The summed E-state index contributed by atoms with van der Waals surface area (Å²) in [6.07, 6.45) is 4.96. The Bertz CT molecular complexity index is 1450. The van der Waals surface area contributed by atoms with Crippen molar-refractivity contribution >= 4 is 32.2 Å². The quantitative estimate of drug-likeness (QED) is 0.274. The predicted octanol–water partition coefficient (Wildman–Crippen LogP) is 8.67. The highest BCUT2D eigenvalue weighted by Crippen LogP contribution is 2.37. The standard InChI is InChI=1S/C30H30N2S/c1-19(2)14-23-18-33-29-25(23)11-13-32-28(29)21-10-12-31-27(17-21)22-15-20-8-6-7-9-24(20)26(16-22)30(3,4)5/h6-13,15-19H,14H2,1-5H3. The molecule has 3 heterocycles. The summed E-state index contributed by atoms with van der Waals surface area (Å²) in [5.41, 5.74) is 7.12. The number of rotatable bonds is 4. The highest BCUT2D eigenvalue weighted by atomic mass is 32.1. The van der Waals surface area contributed by atoms with E-state index in [9.17, 15) is 0 Å². The Morgan fingerprint density at radius 1 is 0.848 bits per heavy atom. The van der Waals surface area contributed by atoms with Crippen LogP contribution in [0.1, 0.15) is 45.7 Å². The van der Waals surface area contributed by atoms with Crippen molar-refractivity contribution in [3.63, 3.8) is 0 Å². The van der Waals surface area contributed by atoms with E-state index in [2.05, 4.69) is 94.6 Å². The third-order valence-electron chi connectivity index (χ3n) is 6.20. The number of hydrogen-bond acceptors (Lipinski definition) is 3. The van der Waals surface area contributed by atoms with Gasteiger partial charge in [-0.25, -0.2) is 0 Å². The molecule has 5 aromatic rings. The lowest BCUT2D eigenvalue weighted by Gasteiger charge is -2.22. The van der Waals surface area contributed by atoms with Crippen molar-refractivity contribution in [2.24, 2.45) is 5.92 Å². The monoisotopic (exact) mass is 450 g/mol. The van der Waals surface area contributed by atoms with Crippen LogP contribution in [0.5, 0.6) is 0 Å². The van der Waals surface area contributed by atoms with E-state index in [1.54, 1.807) is 11.3 Å². The summed E-state index contributed by atoms with van der Waals surface area (Å²) in [6.45, 7) is 11.4. The molecule has 0 fully saturated rings. The van der Waals surface area contributed by atoms with Crippen molar-refractivity contribution in [2.45, 2.75) is 46.5 Å². The number of hydrogen-bond donors (Lipinski definition) is 0. The minimum atomic E-state index is 0.0458. The molecule has 0 atom stereocenters. The molecule has 0 unspecified atom stereocenters. The first-order chi connectivity index (χ1) is 15.8. The third kappa shape index (κ3) is 4.18. The van der Waals surface area contributed by atoms with Crippen LogP contribution in [0.2, 0.25) is 0 Å². The van der Waals surface area contributed by atoms with Crippen LogP contribution in [0.25, 0.3) is 43.4 Å². The second kappa shape index (κ2) is 8.39. The minimum Gasteiger partial charge on any atom is -0.256 e. The van der Waals surface area contributed by atoms with E-state index in [0.29, 0.717) is 5.92 Å². The van der Waals surface area contributed by atoms with Crippen molar-refractivity contribution in [1.82, 2.24) is 9.97 Å². The van der Waals surface area contributed by atoms with E-state index < -0.39 is 0 Å². The maximum absolute atomic E-state index is 4.79. The van der Waals surface area contributed by atoms with Crippen molar-refractivity contribution in [3.05, 3.63) is 83.5 Å². The zero-order valence-corrected chi connectivity index (χ0v) is 20.8. The Morgan fingerprint density at radius 3 is 2.42 bits per heavy atom. The Balaban J connectivity index is 1.64. The second-order valence-electron chi connectivity index (χ2n) is 10.3. The summed E-state index contributed by atoms with van der Waals surface area (Å²) in [7, 11) is 0. The molecule has 0 N–H and O–H groups in total. The number of thiophene rings is 1. The Kier molecular flexibility index (Phi) is 5.54. The van der Waals surface area contributed by atoms with Gasteiger partial charge in [0, 0.05) is 23.5 Å². The maximum atomic E-state index is 4.79. The van der Waals surface area contributed by atoms with Gasteiger partial charge in [0.1, 0.15) is 0 Å². The fourth-order valence-electron chi connectivity index (χ4n) is 4.63. The first kappa shape index (κ1) is 21.8. The van der Waals surface area contributed by atoms with Gasteiger partial charge in [-0.3, -0.25) is 9.97 Å². The molecule has 3 heteroatoms. The molecular formula is C30H30N2S. The number of pyridine rings is 2. The average Bonchev–Trinajstić information content (AvgIpc) is 3.20. The van der Waals surface area contributed by atoms with Gasteiger partial charge in [0.05, 0.1) is 16.1 Å². The van der Waals surface area contributed by atoms with Crippen LogP contribution in [-0.4, -0.2) is 9.97 Å². The Hall–Kier alpha value is -3.04. The number of nitrogens with zero attached hydrogens (tertiary/aromatic N) is 2. The van der Waals surface area contributed by atoms with Crippen LogP contribution in [0.3, 0.4) is 0 Å². The lowest BCUT2D eigenvalue weighted by atomic mass is 9.82. The molecular weight excluding hydrogens is 420 g/mol. The number of benzene rings is 2. The number of aromatic nitrogens is 2. The zero-order chi connectivity index (χ0) is 23.2. The van der Waals surface area contributed by atoms with Crippen LogP contribution < -0.4 is 0 Å². The fraction of sp³-hybridized carbons (Fsp3) is 0.267. The van der Waals surface area contributed by atoms with Crippen LogP contribution in [0.4, 0.5) is 0 Å². The van der Waals surface area contributed by atoms with E-state index >= 15 is 0 Å². The van der Waals surface area contributed by atoms with Crippen LogP contribution in [0.15, 0.2) is 72.4 Å². The molecule has 2 aromatic carbocycles. The molecule has 5 rings (SSSR count). The molecule has 0 aliphatic heterocycles. The summed E-state index contributed by atoms with van der Waals surface area (Å²) in [5.74, 6) is 0.636. The Labute approximate surface area is 200 Å². The first-order valence-corrected chi connectivity index (χ1v) is 12.5. The molecule has 0 aliphatic rings. The molecule has 33 heavy (non-hydrogen) atoms. The summed E-state index contributed by atoms with van der Waals surface area (Å²) in [5, 5.41) is 6.20. The third-order valence-corrected chi connectivity index (χ3v) is 7.25. The van der Waals surface area contributed by atoms with Crippen molar-refractivity contribution < 1.29 is 0 Å². The van der Waals surface area contributed by atoms with Crippen LogP contribution in [0, 0.1) is 5.92 Å². The number of fused-ring (bicyclic) bond motifs is 2. The highest BCUT2D eigenvalue weighted by molar-refractivity contribution is 7.18. The van der Waals surface area contributed by atoms with Gasteiger partial charge >= 0.3 is 0 Å². The van der Waals surface area contributed by atoms with E-state index in [0.717, 1.165) is 28.9 Å². The molecule has 2 nitrogen and oxygen atoms in total. The van der Waals surface area contributed by atoms with Gasteiger partial charge in [-0.05, 0) is 80.8 Å². The normalized spacial score (nSPS) is 12.2. The smallest absolute Gasteiger partial charge is 0.0881 e. The molecule has 3 aromatic heterocycles. The SMILES string of the molecule is CC(C)Cc1csc2c(-c3ccnc(-c4cc(C(C)(C)C)c5ccccc5c4)c3)nccc12. The summed E-state index contributed by atoms with van der Waals surface area (Å²) in [6, 6.07) is 19.7. The van der Waals surface area contributed by atoms with Crippen molar-refractivity contribution in [1.29, 1.82) is 0 Å². The van der Waals surface area contributed by atoms with Gasteiger partial charge in [-0.15, -0.1) is 11.3 Å². The summed E-state index contributed by atoms with van der Waals surface area (Å²) >= 11 is 1.80. The molecule has 0 spiro atoms. The fourth-order valence-corrected chi connectivity index (χ4v) is 5.72. The molecule has 0 bridgehead atoms. The minimum absolute atomic E-state index is 0.0458. The molecule has 0 radical (unpaired) electrons. The van der Waals surface area contributed by atoms with Gasteiger partial charge in [0.25, 0.3) is 0 Å². The topological polar surface area (TPSA) is 25.8 Å². The largest absolute Gasteiger partial charge is 0.256 e. The summed E-state index contributed by atoms with van der Waals surface area (Å²) in [4.78, 5) is 9.56. The van der Waals surface area contributed by atoms with Crippen molar-refractivity contribution in [3.8, 4) is 22.5 Å². The first-order valence-electron chi connectivity index (χ1n) is 11.7. The van der Waals surface area contributed by atoms with Gasteiger partial charge in [0.15, 0.2) is 0 Å². The molecule has 166 valence electrons. The molecule has 0 aliphatic carbocycles. The van der Waals surface area contributed by atoms with E-state index in [4.69, 9.17) is 9.97 Å². The van der Waals surface area contributed by atoms with E-state index in [1.165, 1.54) is 32.0 Å². The molecule has 0 amide bonds. The lowest BCUT2D eigenvalue weighted by molar-refractivity contribution is 0.596. The summed E-state index contributed by atoms with van der Waals surface area (Å²) < 4.78 is 1.26. The molecule has 0 saturated carbocycles. The van der Waals surface area contributed by atoms with Crippen LogP contribution in [-0.2, 0) is 11.8 Å². The van der Waals surface area contributed by atoms with Gasteiger partial charge < -0.3 is 0 Å². The highest BCUT2D eigenvalue weighted by Gasteiger charge is 2.19. The van der Waals surface area contributed by atoms with Gasteiger partial charge in [0.2, 0.25) is 0 Å². The van der Waals surface area contributed by atoms with E-state index in [1.807, 2.05) is 12.4 Å². The molecule has 0 saturated heterocycles.